The number of anilines is 1. The van der Waals surface area contributed by atoms with E-state index in [2.05, 4.69) is 16.5 Å². The lowest BCUT2D eigenvalue weighted by molar-refractivity contribution is 0.102. The number of carbonyl (C=O) groups excluding carboxylic acids is 1. The fraction of sp³-hybridized carbons (Fsp3) is 0.375. The summed E-state index contributed by atoms with van der Waals surface area (Å²) in [7, 11) is 0. The monoisotopic (exact) mass is 270 g/mol. The largest absolute Gasteiger partial charge is 0.359 e. The van der Waals surface area contributed by atoms with Gasteiger partial charge in [-0.25, -0.2) is 0 Å². The number of aromatic nitrogens is 1. The molecule has 0 aliphatic heterocycles. The number of hydrogen-bond acceptors (Lipinski definition) is 3. The van der Waals surface area contributed by atoms with Crippen LogP contribution in [0.25, 0.3) is 0 Å². The van der Waals surface area contributed by atoms with Gasteiger partial charge in [-0.3, -0.25) is 4.79 Å². The van der Waals surface area contributed by atoms with Crippen LogP contribution in [0.2, 0.25) is 0 Å². The molecule has 0 saturated carbocycles. The van der Waals surface area contributed by atoms with Gasteiger partial charge in [-0.15, -0.1) is 0 Å². The smallest absolute Gasteiger partial charge is 0.256 e. The summed E-state index contributed by atoms with van der Waals surface area (Å²) in [5.74, 6) is 0.660. The van der Waals surface area contributed by atoms with Gasteiger partial charge in [0, 0.05) is 12.0 Å². The standard InChI is InChI=1S/C16H18N2O2/c1-3-14-15(10(2)18-20-14)17-16(19)13-9-5-7-11-6-4-8-12(11)13/h5,7,9H,3-4,6,8H2,1-2H3,(H,17,19). The highest BCUT2D eigenvalue weighted by molar-refractivity contribution is 6.06. The number of nitrogens with one attached hydrogen (secondary N) is 1. The van der Waals surface area contributed by atoms with Gasteiger partial charge < -0.3 is 9.84 Å². The van der Waals surface area contributed by atoms with E-state index < -0.39 is 0 Å². The van der Waals surface area contributed by atoms with E-state index in [1.807, 2.05) is 26.0 Å². The van der Waals surface area contributed by atoms with Crippen LogP contribution in [0.1, 0.15) is 46.3 Å². The highest BCUT2D eigenvalue weighted by Crippen LogP contribution is 2.27. The summed E-state index contributed by atoms with van der Waals surface area (Å²) >= 11 is 0. The Morgan fingerprint density at radius 2 is 2.25 bits per heavy atom. The molecule has 1 aliphatic carbocycles. The van der Waals surface area contributed by atoms with Crippen LogP contribution >= 0.6 is 0 Å². The molecule has 3 rings (SSSR count). The van der Waals surface area contributed by atoms with Crippen LogP contribution in [0.3, 0.4) is 0 Å². The van der Waals surface area contributed by atoms with Gasteiger partial charge in [0.2, 0.25) is 0 Å². The minimum Gasteiger partial charge on any atom is -0.359 e. The molecular weight excluding hydrogens is 252 g/mol. The summed E-state index contributed by atoms with van der Waals surface area (Å²) in [6.45, 7) is 3.82. The van der Waals surface area contributed by atoms with Gasteiger partial charge in [0.15, 0.2) is 5.76 Å². The number of aryl methyl sites for hydroxylation is 3. The van der Waals surface area contributed by atoms with Gasteiger partial charge in [-0.1, -0.05) is 24.2 Å². The van der Waals surface area contributed by atoms with Crippen LogP contribution in [0.5, 0.6) is 0 Å². The number of fused-ring (bicyclic) bond motifs is 1. The molecule has 1 aromatic carbocycles. The summed E-state index contributed by atoms with van der Waals surface area (Å²) in [6, 6.07) is 5.97. The van der Waals surface area contributed by atoms with Crippen molar-refractivity contribution < 1.29 is 9.32 Å². The molecule has 1 heterocycles. The summed E-state index contributed by atoms with van der Waals surface area (Å²) in [6.07, 6.45) is 3.90. The average Bonchev–Trinajstić information content (AvgIpc) is 3.06. The molecule has 1 aromatic heterocycles. The highest BCUT2D eigenvalue weighted by atomic mass is 16.5. The zero-order valence-electron chi connectivity index (χ0n) is 11.8. The van der Waals surface area contributed by atoms with Gasteiger partial charge >= 0.3 is 0 Å². The van der Waals surface area contributed by atoms with Crippen molar-refractivity contribution in [3.05, 3.63) is 46.3 Å². The number of nitrogens with zero attached hydrogens (tertiary/aromatic N) is 1. The molecule has 4 nitrogen and oxygen atoms in total. The molecule has 0 radical (unpaired) electrons. The fourth-order valence-corrected chi connectivity index (χ4v) is 2.83. The first kappa shape index (κ1) is 12.9. The Balaban J connectivity index is 1.91. The van der Waals surface area contributed by atoms with Crippen LogP contribution in [0, 0.1) is 6.92 Å². The summed E-state index contributed by atoms with van der Waals surface area (Å²) in [5.41, 5.74) is 4.71. The first-order chi connectivity index (χ1) is 9.70. The van der Waals surface area contributed by atoms with Gasteiger partial charge in [-0.2, -0.15) is 0 Å². The summed E-state index contributed by atoms with van der Waals surface area (Å²) in [5, 5.41) is 6.88. The molecule has 0 fully saturated rings. The van der Waals surface area contributed by atoms with E-state index in [0.29, 0.717) is 12.1 Å². The maximum Gasteiger partial charge on any atom is 0.256 e. The molecule has 104 valence electrons. The van der Waals surface area contributed by atoms with Crippen LogP contribution in [0.4, 0.5) is 5.69 Å². The Bertz CT molecular complexity index is 658. The van der Waals surface area contributed by atoms with Crippen molar-refractivity contribution in [1.82, 2.24) is 5.16 Å². The maximum absolute atomic E-state index is 12.5. The molecule has 0 unspecified atom stereocenters. The molecule has 0 spiro atoms. The first-order valence-electron chi connectivity index (χ1n) is 7.08. The molecule has 0 atom stereocenters. The lowest BCUT2D eigenvalue weighted by atomic mass is 10.0. The van der Waals surface area contributed by atoms with E-state index >= 15 is 0 Å². The third kappa shape index (κ3) is 2.11. The van der Waals surface area contributed by atoms with E-state index in [-0.39, 0.29) is 5.91 Å². The number of carbonyl (C=O) groups is 1. The van der Waals surface area contributed by atoms with Gasteiger partial charge in [0.1, 0.15) is 11.4 Å². The second-order valence-electron chi connectivity index (χ2n) is 5.17. The topological polar surface area (TPSA) is 55.1 Å². The zero-order chi connectivity index (χ0) is 14.1. The molecule has 1 amide bonds. The molecular formula is C16H18N2O2. The molecule has 1 N–H and O–H groups in total. The van der Waals surface area contributed by atoms with Crippen LogP contribution in [-0.2, 0) is 19.3 Å². The Kier molecular flexibility index (Phi) is 3.30. The molecule has 0 bridgehead atoms. The Hall–Kier alpha value is -2.10. The van der Waals surface area contributed by atoms with E-state index in [0.717, 1.165) is 36.3 Å². The van der Waals surface area contributed by atoms with Crippen molar-refractivity contribution in [2.24, 2.45) is 0 Å². The normalized spacial score (nSPS) is 13.3. The van der Waals surface area contributed by atoms with Crippen LogP contribution < -0.4 is 5.32 Å². The first-order valence-corrected chi connectivity index (χ1v) is 7.08. The summed E-state index contributed by atoms with van der Waals surface area (Å²) < 4.78 is 5.21. The molecule has 4 heteroatoms. The van der Waals surface area contributed by atoms with E-state index in [1.54, 1.807) is 0 Å². The van der Waals surface area contributed by atoms with Gasteiger partial charge in [0.05, 0.1) is 0 Å². The third-order valence-electron chi connectivity index (χ3n) is 3.88. The predicted molar refractivity (Wildman–Crippen MR) is 77.0 cm³/mol. The Morgan fingerprint density at radius 1 is 1.40 bits per heavy atom. The Morgan fingerprint density at radius 3 is 3.05 bits per heavy atom. The lowest BCUT2D eigenvalue weighted by Gasteiger charge is -2.09. The molecule has 20 heavy (non-hydrogen) atoms. The highest BCUT2D eigenvalue weighted by Gasteiger charge is 2.21. The number of rotatable bonds is 3. The second kappa shape index (κ2) is 5.12. The molecule has 1 aliphatic rings. The predicted octanol–water partition coefficient (Wildman–Crippen LogP) is 3.29. The maximum atomic E-state index is 12.5. The quantitative estimate of drug-likeness (QED) is 0.931. The third-order valence-corrected chi connectivity index (χ3v) is 3.88. The van der Waals surface area contributed by atoms with Crippen molar-refractivity contribution in [3.8, 4) is 0 Å². The zero-order valence-corrected chi connectivity index (χ0v) is 11.8. The fourth-order valence-electron chi connectivity index (χ4n) is 2.83. The number of amides is 1. The van der Waals surface area contributed by atoms with Crippen molar-refractivity contribution in [2.45, 2.75) is 39.5 Å². The van der Waals surface area contributed by atoms with Crippen molar-refractivity contribution >= 4 is 11.6 Å². The van der Waals surface area contributed by atoms with Crippen molar-refractivity contribution in [1.29, 1.82) is 0 Å². The van der Waals surface area contributed by atoms with Gasteiger partial charge in [0.25, 0.3) is 5.91 Å². The molecule has 0 saturated heterocycles. The summed E-state index contributed by atoms with van der Waals surface area (Å²) in [4.78, 5) is 12.5. The second-order valence-corrected chi connectivity index (χ2v) is 5.17. The van der Waals surface area contributed by atoms with Crippen LogP contribution in [0.15, 0.2) is 22.7 Å². The SMILES string of the molecule is CCc1onc(C)c1NC(=O)c1cccc2c1CCC2. The minimum absolute atomic E-state index is 0.0650. The van der Waals surface area contributed by atoms with E-state index in [1.165, 1.54) is 11.1 Å². The number of hydrogen-bond donors (Lipinski definition) is 1. The van der Waals surface area contributed by atoms with E-state index in [9.17, 15) is 4.79 Å². The van der Waals surface area contributed by atoms with Crippen molar-refractivity contribution in [3.63, 3.8) is 0 Å². The lowest BCUT2D eigenvalue weighted by Crippen LogP contribution is -2.15. The van der Waals surface area contributed by atoms with Gasteiger partial charge in [-0.05, 0) is 43.4 Å². The van der Waals surface area contributed by atoms with E-state index in [4.69, 9.17) is 4.52 Å². The van der Waals surface area contributed by atoms with Crippen LogP contribution in [-0.4, -0.2) is 11.1 Å². The Labute approximate surface area is 118 Å². The molecule has 2 aromatic rings. The average molecular weight is 270 g/mol. The minimum atomic E-state index is -0.0650. The van der Waals surface area contributed by atoms with Crippen molar-refractivity contribution in [2.75, 3.05) is 5.32 Å². The number of benzene rings is 1.